The summed E-state index contributed by atoms with van der Waals surface area (Å²) in [5, 5.41) is 4.07. The second kappa shape index (κ2) is 8.45. The molecule has 0 unspecified atom stereocenters. The fourth-order valence-electron chi connectivity index (χ4n) is 3.51. The van der Waals surface area contributed by atoms with E-state index in [4.69, 9.17) is 9.47 Å². The lowest BCUT2D eigenvalue weighted by Crippen LogP contribution is -3.00. The van der Waals surface area contributed by atoms with E-state index in [2.05, 4.69) is 91.6 Å². The van der Waals surface area contributed by atoms with Gasteiger partial charge in [0.05, 0.1) is 25.4 Å². The van der Waals surface area contributed by atoms with E-state index in [9.17, 15) is 0 Å². The molecule has 0 saturated carbocycles. The Kier molecular flexibility index (Phi) is 6.26. The molecule has 1 fully saturated rings. The Bertz CT molecular complexity index is 794. The van der Waals surface area contributed by atoms with Gasteiger partial charge in [0.1, 0.15) is 23.2 Å². The number of rotatable bonds is 4. The van der Waals surface area contributed by atoms with Gasteiger partial charge in [-0.2, -0.15) is 0 Å². The van der Waals surface area contributed by atoms with Gasteiger partial charge in [-0.15, -0.1) is 0 Å². The third-order valence-corrected chi connectivity index (χ3v) is 8.87. The van der Waals surface area contributed by atoms with E-state index in [0.29, 0.717) is 13.2 Å². The summed E-state index contributed by atoms with van der Waals surface area (Å²) < 4.78 is 11.7. The van der Waals surface area contributed by atoms with Crippen LogP contribution in [0.2, 0.25) is 0 Å². The van der Waals surface area contributed by atoms with E-state index < -0.39 is 7.26 Å². The van der Waals surface area contributed by atoms with Crippen molar-refractivity contribution in [2.24, 2.45) is 0 Å². The number of hydrogen-bond donors (Lipinski definition) is 0. The average molecular weight is 429 g/mol. The van der Waals surface area contributed by atoms with Gasteiger partial charge in [0.15, 0.2) is 6.29 Å². The fourth-order valence-corrected chi connectivity index (χ4v) is 6.98. The summed E-state index contributed by atoms with van der Waals surface area (Å²) in [5.74, 6) is 0. The third-order valence-electron chi connectivity index (χ3n) is 4.84. The maximum atomic E-state index is 5.84. The van der Waals surface area contributed by atoms with Crippen molar-refractivity contribution in [1.82, 2.24) is 0 Å². The van der Waals surface area contributed by atoms with Crippen molar-refractivity contribution >= 4 is 23.2 Å². The zero-order valence-corrected chi connectivity index (χ0v) is 17.2. The normalized spacial score (nSPS) is 14.8. The van der Waals surface area contributed by atoms with Crippen LogP contribution < -0.4 is 32.9 Å². The molecule has 0 N–H and O–H groups in total. The van der Waals surface area contributed by atoms with Gasteiger partial charge < -0.3 is 26.5 Å². The minimum atomic E-state index is -1.78. The molecule has 0 aliphatic carbocycles. The quantitative estimate of drug-likeness (QED) is 0.568. The molecular formula is C22H22BrO2P. The van der Waals surface area contributed by atoms with Crippen molar-refractivity contribution < 1.29 is 26.5 Å². The molecule has 0 aromatic heterocycles. The molecule has 0 bridgehead atoms. The minimum absolute atomic E-state index is 0. The van der Waals surface area contributed by atoms with Gasteiger partial charge in [0.25, 0.3) is 0 Å². The summed E-state index contributed by atoms with van der Waals surface area (Å²) >= 11 is 0. The molecule has 1 aliphatic rings. The average Bonchev–Trinajstić information content (AvgIpc) is 3.23. The highest BCUT2D eigenvalue weighted by atomic mass is 79.9. The van der Waals surface area contributed by atoms with Crippen LogP contribution in [0, 0.1) is 0 Å². The first-order valence-electron chi connectivity index (χ1n) is 8.60. The van der Waals surface area contributed by atoms with E-state index in [1.165, 1.54) is 15.9 Å². The zero-order valence-electron chi connectivity index (χ0n) is 14.7. The maximum absolute atomic E-state index is 5.84. The van der Waals surface area contributed by atoms with Crippen molar-refractivity contribution in [1.29, 1.82) is 0 Å². The second-order valence-corrected chi connectivity index (χ2v) is 9.84. The third kappa shape index (κ3) is 3.50. The number of benzene rings is 3. The predicted octanol–water partition coefficient (Wildman–Crippen LogP) is 0.660. The van der Waals surface area contributed by atoms with Crippen LogP contribution in [0.25, 0.3) is 0 Å². The van der Waals surface area contributed by atoms with Crippen molar-refractivity contribution in [2.45, 2.75) is 6.29 Å². The summed E-state index contributed by atoms with van der Waals surface area (Å²) in [7, 11) is -1.78. The van der Waals surface area contributed by atoms with Gasteiger partial charge in [0.2, 0.25) is 0 Å². The molecule has 2 nitrogen and oxygen atoms in total. The van der Waals surface area contributed by atoms with Crippen LogP contribution in [-0.4, -0.2) is 19.9 Å². The second-order valence-electron chi connectivity index (χ2n) is 6.31. The van der Waals surface area contributed by atoms with Crippen LogP contribution >= 0.6 is 7.26 Å². The first-order valence-corrected chi connectivity index (χ1v) is 10.8. The molecule has 1 aliphatic heterocycles. The van der Waals surface area contributed by atoms with Crippen molar-refractivity contribution in [2.75, 3.05) is 19.9 Å². The molecule has 3 aromatic rings. The van der Waals surface area contributed by atoms with Gasteiger partial charge in [-0.25, -0.2) is 0 Å². The summed E-state index contributed by atoms with van der Waals surface area (Å²) in [6.45, 7) is 3.71. The van der Waals surface area contributed by atoms with Crippen LogP contribution in [0.4, 0.5) is 0 Å². The minimum Gasteiger partial charge on any atom is -1.00 e. The highest BCUT2D eigenvalue weighted by molar-refractivity contribution is 7.95. The first kappa shape index (κ1) is 19.3. The highest BCUT2D eigenvalue weighted by Crippen LogP contribution is 2.53. The van der Waals surface area contributed by atoms with Gasteiger partial charge in [-0.3, -0.25) is 0 Å². The molecule has 0 atom stereocenters. The van der Waals surface area contributed by atoms with Crippen LogP contribution in [0.1, 0.15) is 11.9 Å². The zero-order chi connectivity index (χ0) is 17.1. The molecule has 3 aromatic carbocycles. The van der Waals surface area contributed by atoms with Gasteiger partial charge in [-0.05, 0) is 36.4 Å². The largest absolute Gasteiger partial charge is 1.00 e. The number of halogens is 1. The lowest BCUT2D eigenvalue weighted by atomic mass is 10.2. The molecule has 134 valence electrons. The monoisotopic (exact) mass is 428 g/mol. The van der Waals surface area contributed by atoms with Crippen molar-refractivity contribution in [3.63, 3.8) is 0 Å². The van der Waals surface area contributed by atoms with E-state index in [1.807, 2.05) is 0 Å². The first-order chi connectivity index (χ1) is 12.3. The Balaban J connectivity index is 0.00000196. The number of hydrogen-bond acceptors (Lipinski definition) is 2. The van der Waals surface area contributed by atoms with Crippen LogP contribution in [0.15, 0.2) is 84.9 Å². The number of ether oxygens (including phenoxy) is 2. The standard InChI is InChI=1S/C22H22O2P.BrH/c1-25(18-10-4-2-5-11-18,19-12-6-3-7-13-19)21-15-9-8-14-20(21)22-23-16-17-24-22;/h2-15,22H,16-17H2,1H3;1H/q+1;/p-1. The van der Waals surface area contributed by atoms with E-state index >= 15 is 0 Å². The summed E-state index contributed by atoms with van der Waals surface area (Å²) in [5.41, 5.74) is 1.16. The summed E-state index contributed by atoms with van der Waals surface area (Å²) in [6.07, 6.45) is -0.261. The summed E-state index contributed by atoms with van der Waals surface area (Å²) in [6, 6.07) is 30.2. The molecule has 26 heavy (non-hydrogen) atoms. The Morgan fingerprint density at radius 3 is 1.69 bits per heavy atom. The lowest BCUT2D eigenvalue weighted by molar-refractivity contribution is -0.0433. The molecule has 0 radical (unpaired) electrons. The maximum Gasteiger partial charge on any atom is 0.187 e. The van der Waals surface area contributed by atoms with Crippen molar-refractivity contribution in [3.05, 3.63) is 90.5 Å². The van der Waals surface area contributed by atoms with Crippen LogP contribution in [-0.2, 0) is 9.47 Å². The van der Waals surface area contributed by atoms with Gasteiger partial charge >= 0.3 is 0 Å². The molecule has 4 rings (SSSR count). The van der Waals surface area contributed by atoms with Crippen LogP contribution in [0.3, 0.4) is 0 Å². The van der Waals surface area contributed by atoms with E-state index in [0.717, 1.165) is 5.56 Å². The smallest absolute Gasteiger partial charge is 0.187 e. The topological polar surface area (TPSA) is 18.5 Å². The molecule has 4 heteroatoms. The molecule has 1 saturated heterocycles. The Hall–Kier alpha value is -1.51. The fraction of sp³-hybridized carbons (Fsp3) is 0.182. The Morgan fingerprint density at radius 1 is 0.692 bits per heavy atom. The van der Waals surface area contributed by atoms with Gasteiger partial charge in [0, 0.05) is 0 Å². The Morgan fingerprint density at radius 2 is 1.15 bits per heavy atom. The van der Waals surface area contributed by atoms with E-state index in [1.54, 1.807) is 0 Å². The van der Waals surface area contributed by atoms with Crippen LogP contribution in [0.5, 0.6) is 0 Å². The molecule has 0 amide bonds. The summed E-state index contributed by atoms with van der Waals surface area (Å²) in [4.78, 5) is 0. The van der Waals surface area contributed by atoms with Crippen molar-refractivity contribution in [3.8, 4) is 0 Å². The molecule has 1 heterocycles. The molecular weight excluding hydrogens is 407 g/mol. The Labute approximate surface area is 166 Å². The van der Waals surface area contributed by atoms with Gasteiger partial charge in [-0.1, -0.05) is 48.5 Å². The predicted molar refractivity (Wildman–Crippen MR) is 106 cm³/mol. The lowest BCUT2D eigenvalue weighted by Gasteiger charge is -2.26. The molecule has 0 spiro atoms. The SMILES string of the molecule is C[P+](c1ccccc1)(c1ccccc1)c1ccccc1C1OCCO1.[Br-]. The van der Waals surface area contributed by atoms with E-state index in [-0.39, 0.29) is 23.3 Å². The highest BCUT2D eigenvalue weighted by Gasteiger charge is 2.43.